The van der Waals surface area contributed by atoms with Crippen LogP contribution in [0, 0.1) is 10.1 Å². The van der Waals surface area contributed by atoms with Crippen LogP contribution in [0.2, 0.25) is 0 Å². The van der Waals surface area contributed by atoms with Crippen molar-refractivity contribution in [1.82, 2.24) is 10.3 Å². The van der Waals surface area contributed by atoms with Crippen molar-refractivity contribution in [3.63, 3.8) is 0 Å². The summed E-state index contributed by atoms with van der Waals surface area (Å²) in [6.07, 6.45) is 1.06. The van der Waals surface area contributed by atoms with Gasteiger partial charge in [0, 0.05) is 7.05 Å². The molecule has 0 fully saturated rings. The number of para-hydroxylation sites is 1. The highest BCUT2D eigenvalue weighted by Gasteiger charge is 2.17. The van der Waals surface area contributed by atoms with E-state index in [1.807, 2.05) is 0 Å². The van der Waals surface area contributed by atoms with Gasteiger partial charge in [-0.15, -0.1) is 0 Å². The Balaban J connectivity index is 2.18. The third kappa shape index (κ3) is 3.55. The summed E-state index contributed by atoms with van der Waals surface area (Å²) in [5.74, 6) is -0.531. The van der Waals surface area contributed by atoms with Crippen molar-refractivity contribution in [1.29, 1.82) is 0 Å². The van der Waals surface area contributed by atoms with Gasteiger partial charge >= 0.3 is 11.0 Å². The lowest BCUT2D eigenvalue weighted by molar-refractivity contribution is -0.380. The number of thiazole rings is 1. The zero-order chi connectivity index (χ0) is 16.1. The van der Waals surface area contributed by atoms with Crippen molar-refractivity contribution >= 4 is 39.1 Å². The molecule has 0 saturated carbocycles. The molecule has 0 aliphatic heterocycles. The molecule has 0 radical (unpaired) electrons. The molecule has 10 heteroatoms. The summed E-state index contributed by atoms with van der Waals surface area (Å²) in [7, 11) is 1.45. The Kier molecular flexibility index (Phi) is 4.63. The zero-order valence-electron chi connectivity index (χ0n) is 11.3. The molecule has 0 saturated heterocycles. The first-order valence-corrected chi connectivity index (χ1v) is 6.82. The third-order valence-corrected chi connectivity index (χ3v) is 3.41. The number of rotatable bonds is 4. The number of urea groups is 1. The molecule has 9 nitrogen and oxygen atoms in total. The highest BCUT2D eigenvalue weighted by atomic mass is 32.1. The van der Waals surface area contributed by atoms with Gasteiger partial charge in [-0.2, -0.15) is 0 Å². The molecule has 0 aliphatic carbocycles. The maximum Gasteiger partial charge on any atom is 0.345 e. The molecule has 3 amide bonds. The van der Waals surface area contributed by atoms with E-state index in [1.165, 1.54) is 13.1 Å². The minimum Gasteiger partial charge on any atom is -0.341 e. The van der Waals surface area contributed by atoms with Gasteiger partial charge in [-0.1, -0.05) is 12.1 Å². The van der Waals surface area contributed by atoms with Crippen molar-refractivity contribution in [2.24, 2.45) is 0 Å². The fraction of sp³-hybridized carbons (Fsp3) is 0.0833. The Bertz CT molecular complexity index is 730. The van der Waals surface area contributed by atoms with E-state index in [0.29, 0.717) is 5.69 Å². The molecule has 0 atom stereocenters. The van der Waals surface area contributed by atoms with Gasteiger partial charge < -0.3 is 10.6 Å². The summed E-state index contributed by atoms with van der Waals surface area (Å²) in [5, 5.41) is 17.9. The lowest BCUT2D eigenvalue weighted by Gasteiger charge is -2.09. The van der Waals surface area contributed by atoms with Crippen LogP contribution in [-0.4, -0.2) is 28.9 Å². The van der Waals surface area contributed by atoms with Gasteiger partial charge in [-0.3, -0.25) is 20.2 Å². The van der Waals surface area contributed by atoms with Crippen molar-refractivity contribution in [3.05, 3.63) is 46.1 Å². The SMILES string of the molecule is CNC(=O)Nc1ccccc1C(=O)Nc1ncc([N+](=O)[O-])s1. The van der Waals surface area contributed by atoms with E-state index >= 15 is 0 Å². The fourth-order valence-corrected chi connectivity index (χ4v) is 2.17. The predicted octanol–water partition coefficient (Wildman–Crippen LogP) is 2.05. The van der Waals surface area contributed by atoms with E-state index in [-0.39, 0.29) is 15.7 Å². The largest absolute Gasteiger partial charge is 0.345 e. The molecule has 2 aromatic rings. The second kappa shape index (κ2) is 6.63. The van der Waals surface area contributed by atoms with Gasteiger partial charge in [0.15, 0.2) is 5.13 Å². The molecule has 1 aromatic carbocycles. The topological polar surface area (TPSA) is 126 Å². The highest BCUT2D eigenvalue weighted by Crippen LogP contribution is 2.26. The Morgan fingerprint density at radius 3 is 2.64 bits per heavy atom. The smallest absolute Gasteiger partial charge is 0.341 e. The molecule has 0 aliphatic rings. The fourth-order valence-electron chi connectivity index (χ4n) is 1.55. The number of amides is 3. The maximum absolute atomic E-state index is 12.2. The molecular formula is C12H11N5O4S. The average molecular weight is 321 g/mol. The predicted molar refractivity (Wildman–Crippen MR) is 81.2 cm³/mol. The van der Waals surface area contributed by atoms with Crippen molar-refractivity contribution in [2.45, 2.75) is 0 Å². The van der Waals surface area contributed by atoms with Crippen LogP contribution in [0.5, 0.6) is 0 Å². The number of anilines is 2. The number of nitrogens with zero attached hydrogens (tertiary/aromatic N) is 2. The number of carbonyl (C=O) groups is 2. The summed E-state index contributed by atoms with van der Waals surface area (Å²) in [6.45, 7) is 0. The van der Waals surface area contributed by atoms with Crippen LogP contribution >= 0.6 is 11.3 Å². The Morgan fingerprint density at radius 2 is 2.00 bits per heavy atom. The molecule has 22 heavy (non-hydrogen) atoms. The van der Waals surface area contributed by atoms with E-state index in [0.717, 1.165) is 17.5 Å². The Hall–Kier alpha value is -3.01. The number of carbonyl (C=O) groups excluding carboxylic acids is 2. The standard InChI is InChI=1S/C12H11N5O4S/c1-13-11(19)15-8-5-3-2-4-7(8)10(18)16-12-14-6-9(22-12)17(20)21/h2-6H,1H3,(H2,13,15,19)(H,14,16,18). The van der Waals surface area contributed by atoms with E-state index in [2.05, 4.69) is 20.9 Å². The third-order valence-electron chi connectivity index (χ3n) is 2.54. The number of aromatic nitrogens is 1. The van der Waals surface area contributed by atoms with Crippen molar-refractivity contribution in [2.75, 3.05) is 17.7 Å². The van der Waals surface area contributed by atoms with E-state index < -0.39 is 16.9 Å². The number of nitro groups is 1. The van der Waals surface area contributed by atoms with Gasteiger partial charge in [0.2, 0.25) is 0 Å². The quantitative estimate of drug-likeness (QED) is 0.587. The first kappa shape index (κ1) is 15.4. The van der Waals surface area contributed by atoms with Crippen LogP contribution in [-0.2, 0) is 0 Å². The van der Waals surface area contributed by atoms with Gasteiger partial charge in [0.05, 0.1) is 16.2 Å². The molecule has 1 aromatic heterocycles. The lowest BCUT2D eigenvalue weighted by atomic mass is 10.1. The lowest BCUT2D eigenvalue weighted by Crippen LogP contribution is -2.26. The Morgan fingerprint density at radius 1 is 1.27 bits per heavy atom. The molecular weight excluding hydrogens is 310 g/mol. The second-order valence-electron chi connectivity index (χ2n) is 3.96. The van der Waals surface area contributed by atoms with Crippen LogP contribution in [0.3, 0.4) is 0 Å². The first-order chi connectivity index (χ1) is 10.5. The highest BCUT2D eigenvalue weighted by molar-refractivity contribution is 7.18. The Labute approximate surface area is 128 Å². The van der Waals surface area contributed by atoms with Crippen LogP contribution in [0.25, 0.3) is 0 Å². The number of benzene rings is 1. The summed E-state index contributed by atoms with van der Waals surface area (Å²) >= 11 is 0.746. The maximum atomic E-state index is 12.2. The summed E-state index contributed by atoms with van der Waals surface area (Å²) in [5.41, 5.74) is 0.523. The zero-order valence-corrected chi connectivity index (χ0v) is 12.1. The second-order valence-corrected chi connectivity index (χ2v) is 4.97. The van der Waals surface area contributed by atoms with Gasteiger partial charge in [-0.05, 0) is 23.5 Å². The molecule has 114 valence electrons. The average Bonchev–Trinajstić information content (AvgIpc) is 2.96. The summed E-state index contributed by atoms with van der Waals surface area (Å²) < 4.78 is 0. The number of nitrogens with one attached hydrogen (secondary N) is 3. The van der Waals surface area contributed by atoms with Gasteiger partial charge in [-0.25, -0.2) is 9.78 Å². The van der Waals surface area contributed by atoms with Gasteiger partial charge in [0.25, 0.3) is 5.91 Å². The van der Waals surface area contributed by atoms with Crippen LogP contribution < -0.4 is 16.0 Å². The van der Waals surface area contributed by atoms with Gasteiger partial charge in [0.1, 0.15) is 6.20 Å². The minimum atomic E-state index is -0.589. The number of hydrogen-bond acceptors (Lipinski definition) is 6. The molecule has 0 unspecified atom stereocenters. The van der Waals surface area contributed by atoms with Crippen LogP contribution in [0.4, 0.5) is 20.6 Å². The van der Waals surface area contributed by atoms with Crippen molar-refractivity contribution < 1.29 is 14.5 Å². The normalized spacial score (nSPS) is 9.86. The first-order valence-electron chi connectivity index (χ1n) is 6.00. The summed E-state index contributed by atoms with van der Waals surface area (Å²) in [6, 6.07) is 5.91. The molecule has 2 rings (SSSR count). The molecule has 3 N–H and O–H groups in total. The monoisotopic (exact) mass is 321 g/mol. The minimum absolute atomic E-state index is 0.103. The van der Waals surface area contributed by atoms with E-state index in [9.17, 15) is 19.7 Å². The molecule has 0 bridgehead atoms. The van der Waals surface area contributed by atoms with Crippen molar-refractivity contribution in [3.8, 4) is 0 Å². The van der Waals surface area contributed by atoms with Crippen LogP contribution in [0.1, 0.15) is 10.4 Å². The molecule has 1 heterocycles. The van der Waals surface area contributed by atoms with E-state index in [1.54, 1.807) is 18.2 Å². The number of hydrogen-bond donors (Lipinski definition) is 3. The van der Waals surface area contributed by atoms with E-state index in [4.69, 9.17) is 0 Å². The molecule has 0 spiro atoms. The van der Waals surface area contributed by atoms with Crippen LogP contribution in [0.15, 0.2) is 30.5 Å². The summed E-state index contributed by atoms with van der Waals surface area (Å²) in [4.78, 5) is 37.3.